The highest BCUT2D eigenvalue weighted by molar-refractivity contribution is 14.1. The number of nitrogens with one attached hydrogen (secondary N) is 4. The SMILES string of the molecule is CN(C(=O)CN(CCO)CC(=O)N(C)c1c(I)c(C(=O)NCCO)c(I)c(C(=O)NCCO)c1I)c1c(I)c(C(=O)NCCO)c(I)c(C(=O)NCCO)c1I. The minimum Gasteiger partial charge on any atom is -0.395 e. The van der Waals surface area contributed by atoms with Gasteiger partial charge in [0.1, 0.15) is 0 Å². The van der Waals surface area contributed by atoms with E-state index in [2.05, 4.69) is 21.3 Å². The van der Waals surface area contributed by atoms with E-state index in [0.717, 1.165) is 0 Å². The average molecular weight is 1460 g/mol. The Hall–Kier alpha value is -0.600. The van der Waals surface area contributed by atoms with Crippen molar-refractivity contribution in [1.29, 1.82) is 0 Å². The Morgan fingerprint density at radius 1 is 0.446 bits per heavy atom. The second-order valence-corrected chi connectivity index (χ2v) is 17.8. The van der Waals surface area contributed by atoms with Crippen molar-refractivity contribution in [2.24, 2.45) is 0 Å². The van der Waals surface area contributed by atoms with Gasteiger partial charge in [0, 0.05) is 54.0 Å². The number of rotatable bonds is 20. The molecule has 0 bridgehead atoms. The summed E-state index contributed by atoms with van der Waals surface area (Å²) >= 11 is 11.3. The molecule has 24 heteroatoms. The number of halogens is 6. The van der Waals surface area contributed by atoms with Crippen LogP contribution in [0.1, 0.15) is 41.4 Å². The van der Waals surface area contributed by atoms with E-state index in [1.165, 1.54) is 28.8 Å². The molecule has 18 nitrogen and oxygen atoms in total. The fraction of sp³-hybridized carbons (Fsp3) is 0.438. The molecule has 0 fully saturated rings. The lowest BCUT2D eigenvalue weighted by Crippen LogP contribution is -2.46. The van der Waals surface area contributed by atoms with Gasteiger partial charge in [-0.2, -0.15) is 0 Å². The second kappa shape index (κ2) is 25.2. The molecule has 310 valence electrons. The lowest BCUT2D eigenvalue weighted by Gasteiger charge is -2.29. The standard InChI is InChI=1S/C32H39I6N7O11/c1-43(27-23(35)17(29(53)39-3-8-46)21(33)18(24(27)36)30(54)40-4-9-47)15(51)13-45(7-12-50)14-16(52)44(2)28-25(37)19(31(55)41-5-10-48)22(34)20(26(28)38)32(56)42-6-11-49/h46-50H,3-14H2,1-2H3,(H,39,53)(H,40,54)(H,41,55)(H,42,56). The van der Waals surface area contributed by atoms with Crippen molar-refractivity contribution in [1.82, 2.24) is 26.2 Å². The Bertz CT molecular complexity index is 1600. The Morgan fingerprint density at radius 3 is 0.911 bits per heavy atom. The molecule has 0 aromatic heterocycles. The number of hydrogen-bond donors (Lipinski definition) is 9. The van der Waals surface area contributed by atoms with Crippen molar-refractivity contribution in [2.45, 2.75) is 0 Å². The van der Waals surface area contributed by atoms with Gasteiger partial charge in [-0.3, -0.25) is 33.7 Å². The van der Waals surface area contributed by atoms with Gasteiger partial charge in [-0.25, -0.2) is 0 Å². The van der Waals surface area contributed by atoms with E-state index in [4.69, 9.17) is 0 Å². The molecule has 0 spiro atoms. The number of likely N-dealkylation sites (N-methyl/N-ethyl adjacent to an activating group) is 2. The summed E-state index contributed by atoms with van der Waals surface area (Å²) in [4.78, 5) is 84.9. The highest BCUT2D eigenvalue weighted by Crippen LogP contribution is 2.39. The van der Waals surface area contributed by atoms with Crippen molar-refractivity contribution in [3.05, 3.63) is 43.7 Å². The summed E-state index contributed by atoms with van der Waals surface area (Å²) in [5.41, 5.74) is 0.780. The van der Waals surface area contributed by atoms with E-state index >= 15 is 0 Å². The Morgan fingerprint density at radius 2 is 0.696 bits per heavy atom. The van der Waals surface area contributed by atoms with Crippen LogP contribution in [0, 0.1) is 21.4 Å². The number of carbonyl (C=O) groups is 6. The number of amides is 6. The summed E-state index contributed by atoms with van der Waals surface area (Å²) in [7, 11) is 2.88. The minimum atomic E-state index is -0.596. The van der Waals surface area contributed by atoms with Crippen LogP contribution in [0.25, 0.3) is 0 Å². The first-order chi connectivity index (χ1) is 26.5. The van der Waals surface area contributed by atoms with E-state index in [0.29, 0.717) is 14.3 Å². The first kappa shape index (κ1) is 51.5. The lowest BCUT2D eigenvalue weighted by molar-refractivity contribution is -0.122. The molecule has 0 atom stereocenters. The molecule has 0 aliphatic carbocycles. The van der Waals surface area contributed by atoms with Gasteiger partial charge < -0.3 is 56.6 Å². The van der Waals surface area contributed by atoms with Crippen LogP contribution in [-0.2, 0) is 9.59 Å². The predicted molar refractivity (Wildman–Crippen MR) is 257 cm³/mol. The second-order valence-electron chi connectivity index (χ2n) is 11.3. The van der Waals surface area contributed by atoms with Crippen LogP contribution < -0.4 is 31.1 Å². The van der Waals surface area contributed by atoms with Crippen molar-refractivity contribution >= 4 is 182 Å². The van der Waals surface area contributed by atoms with Gasteiger partial charge in [-0.1, -0.05) is 0 Å². The fourth-order valence-corrected chi connectivity index (χ4v) is 14.7. The van der Waals surface area contributed by atoms with Gasteiger partial charge in [0.05, 0.1) is 94.0 Å². The molecule has 2 aromatic carbocycles. The molecule has 2 rings (SSSR count). The van der Waals surface area contributed by atoms with Gasteiger partial charge >= 0.3 is 0 Å². The summed E-state index contributed by atoms with van der Waals surface area (Å²) in [5.74, 6) is -3.53. The normalized spacial score (nSPS) is 11.0. The molecular weight excluding hydrogens is 1420 g/mol. The quantitative estimate of drug-likeness (QED) is 0.0802. The summed E-state index contributed by atoms with van der Waals surface area (Å²) in [5, 5.41) is 57.4. The number of aliphatic hydroxyl groups is 5. The fourth-order valence-electron chi connectivity index (χ4n) is 4.92. The van der Waals surface area contributed by atoms with Crippen LogP contribution in [0.15, 0.2) is 0 Å². The molecule has 0 aliphatic heterocycles. The number of hydrogen-bond acceptors (Lipinski definition) is 12. The van der Waals surface area contributed by atoms with Crippen LogP contribution in [0.2, 0.25) is 0 Å². The number of nitrogens with zero attached hydrogens (tertiary/aromatic N) is 3. The first-order valence-electron chi connectivity index (χ1n) is 16.3. The van der Waals surface area contributed by atoms with Crippen LogP contribution in [0.5, 0.6) is 0 Å². The summed E-state index contributed by atoms with van der Waals surface area (Å²) < 4.78 is 1.87. The Balaban J connectivity index is 2.60. The van der Waals surface area contributed by atoms with Crippen LogP contribution in [0.4, 0.5) is 11.4 Å². The minimum absolute atomic E-state index is 0.0670. The Labute approximate surface area is 404 Å². The zero-order valence-electron chi connectivity index (χ0n) is 29.8. The highest BCUT2D eigenvalue weighted by Gasteiger charge is 2.33. The Kier molecular flexibility index (Phi) is 23.2. The van der Waals surface area contributed by atoms with Gasteiger partial charge in [0.2, 0.25) is 11.8 Å². The van der Waals surface area contributed by atoms with E-state index in [-0.39, 0.29) is 99.9 Å². The molecule has 0 saturated heterocycles. The van der Waals surface area contributed by atoms with E-state index in [9.17, 15) is 54.3 Å². The van der Waals surface area contributed by atoms with Crippen molar-refractivity contribution in [2.75, 3.05) is 103 Å². The molecule has 56 heavy (non-hydrogen) atoms. The molecule has 0 heterocycles. The molecule has 0 saturated carbocycles. The van der Waals surface area contributed by atoms with Gasteiger partial charge in [0.15, 0.2) is 0 Å². The summed E-state index contributed by atoms with van der Waals surface area (Å²) in [6.45, 7) is -2.97. The number of aliphatic hydroxyl groups excluding tert-OH is 5. The van der Waals surface area contributed by atoms with Crippen LogP contribution in [0.3, 0.4) is 0 Å². The summed E-state index contributed by atoms with van der Waals surface area (Å²) in [6, 6.07) is 0. The highest BCUT2D eigenvalue weighted by atomic mass is 127. The van der Waals surface area contributed by atoms with E-state index < -0.39 is 55.1 Å². The molecule has 6 amide bonds. The zero-order chi connectivity index (χ0) is 42.4. The van der Waals surface area contributed by atoms with Gasteiger partial charge in [0.25, 0.3) is 23.6 Å². The molecule has 0 aliphatic rings. The zero-order valence-corrected chi connectivity index (χ0v) is 42.7. The smallest absolute Gasteiger partial charge is 0.253 e. The maximum Gasteiger partial charge on any atom is 0.253 e. The molecule has 9 N–H and O–H groups in total. The third kappa shape index (κ3) is 13.0. The number of carbonyl (C=O) groups excluding carboxylic acids is 6. The van der Waals surface area contributed by atoms with E-state index in [1.807, 2.05) is 136 Å². The van der Waals surface area contributed by atoms with Crippen LogP contribution >= 0.6 is 136 Å². The third-order valence-electron chi connectivity index (χ3n) is 7.64. The average Bonchev–Trinajstić information content (AvgIpc) is 3.14. The van der Waals surface area contributed by atoms with E-state index in [1.54, 1.807) is 0 Å². The monoisotopic (exact) mass is 1460 g/mol. The third-order valence-corrected chi connectivity index (χ3v) is 14.0. The van der Waals surface area contributed by atoms with Gasteiger partial charge in [-0.15, -0.1) is 0 Å². The molecule has 0 unspecified atom stereocenters. The van der Waals surface area contributed by atoms with Crippen molar-refractivity contribution < 1.29 is 54.3 Å². The van der Waals surface area contributed by atoms with Crippen molar-refractivity contribution in [3.8, 4) is 0 Å². The maximum absolute atomic E-state index is 14.0. The van der Waals surface area contributed by atoms with Gasteiger partial charge in [-0.05, 0) is 136 Å². The van der Waals surface area contributed by atoms with Crippen LogP contribution in [-0.4, -0.2) is 159 Å². The lowest BCUT2D eigenvalue weighted by atomic mass is 10.1. The predicted octanol–water partition coefficient (Wildman–Crippen LogP) is 0.123. The number of benzene rings is 2. The molecule has 2 aromatic rings. The number of anilines is 2. The van der Waals surface area contributed by atoms with Crippen molar-refractivity contribution in [3.63, 3.8) is 0 Å². The summed E-state index contributed by atoms with van der Waals surface area (Å²) in [6.07, 6.45) is 0. The topological polar surface area (TPSA) is 261 Å². The molecule has 0 radical (unpaired) electrons. The maximum atomic E-state index is 14.0. The molecular formula is C32H39I6N7O11. The largest absolute Gasteiger partial charge is 0.395 e. The first-order valence-corrected chi connectivity index (χ1v) is 22.8.